The first-order chi connectivity index (χ1) is 6.69. The van der Waals surface area contributed by atoms with Crippen LogP contribution in [0.25, 0.3) is 0 Å². The van der Waals surface area contributed by atoms with Crippen LogP contribution in [0.2, 0.25) is 5.02 Å². The van der Waals surface area contributed by atoms with Crippen LogP contribution >= 0.6 is 11.6 Å². The van der Waals surface area contributed by atoms with Gasteiger partial charge in [0, 0.05) is 29.9 Å². The lowest BCUT2D eigenvalue weighted by Crippen LogP contribution is -2.22. The smallest absolute Gasteiger partial charge is 0.0702 e. The van der Waals surface area contributed by atoms with Gasteiger partial charge in [-0.25, -0.2) is 0 Å². The molecule has 0 spiro atoms. The molecule has 0 unspecified atom stereocenters. The Hall–Kier alpha value is -0.770. The number of halogens is 1. The highest BCUT2D eigenvalue weighted by molar-refractivity contribution is 6.30. The van der Waals surface area contributed by atoms with Crippen molar-refractivity contribution in [2.24, 2.45) is 0 Å². The monoisotopic (exact) mass is 215 g/mol. The second-order valence-electron chi connectivity index (χ2n) is 3.08. The van der Waals surface area contributed by atoms with Crippen molar-refractivity contribution in [1.29, 1.82) is 0 Å². The molecule has 1 aromatic rings. The number of nitrogens with zero attached hydrogens (tertiary/aromatic N) is 1. The van der Waals surface area contributed by atoms with Gasteiger partial charge in [-0.1, -0.05) is 11.6 Å². The fourth-order valence-corrected chi connectivity index (χ4v) is 1.52. The lowest BCUT2D eigenvalue weighted by atomic mass is 10.1. The van der Waals surface area contributed by atoms with Crippen LogP contribution in [0.5, 0.6) is 0 Å². The van der Waals surface area contributed by atoms with Crippen molar-refractivity contribution < 1.29 is 10.2 Å². The Morgan fingerprint density at radius 2 is 2.07 bits per heavy atom. The van der Waals surface area contributed by atoms with E-state index in [1.165, 1.54) is 0 Å². The SMILES string of the molecule is CN(CCO)c1ccc(Cl)cc1CO. The summed E-state index contributed by atoms with van der Waals surface area (Å²) in [6, 6.07) is 5.33. The molecule has 0 saturated heterocycles. The summed E-state index contributed by atoms with van der Waals surface area (Å²) in [6.45, 7) is 0.574. The number of rotatable bonds is 4. The van der Waals surface area contributed by atoms with Crippen molar-refractivity contribution in [3.8, 4) is 0 Å². The van der Waals surface area contributed by atoms with Crippen LogP contribution in [0, 0.1) is 0 Å². The summed E-state index contributed by atoms with van der Waals surface area (Å²) >= 11 is 5.80. The highest BCUT2D eigenvalue weighted by Gasteiger charge is 2.06. The summed E-state index contributed by atoms with van der Waals surface area (Å²) < 4.78 is 0. The highest BCUT2D eigenvalue weighted by atomic mass is 35.5. The van der Waals surface area contributed by atoms with E-state index in [2.05, 4.69) is 0 Å². The first kappa shape index (κ1) is 11.3. The lowest BCUT2D eigenvalue weighted by Gasteiger charge is -2.20. The Balaban J connectivity index is 2.95. The van der Waals surface area contributed by atoms with Crippen LogP contribution in [0.4, 0.5) is 5.69 Å². The van der Waals surface area contributed by atoms with Crippen molar-refractivity contribution in [2.45, 2.75) is 6.61 Å². The molecule has 0 aromatic heterocycles. The van der Waals surface area contributed by atoms with Gasteiger partial charge in [-0.05, 0) is 18.2 Å². The molecule has 2 N–H and O–H groups in total. The molecule has 0 heterocycles. The van der Waals surface area contributed by atoms with E-state index in [-0.39, 0.29) is 13.2 Å². The van der Waals surface area contributed by atoms with E-state index < -0.39 is 0 Å². The van der Waals surface area contributed by atoms with E-state index in [1.807, 2.05) is 18.0 Å². The van der Waals surface area contributed by atoms with E-state index in [4.69, 9.17) is 21.8 Å². The Labute approximate surface area is 88.5 Å². The van der Waals surface area contributed by atoms with Crippen molar-refractivity contribution in [3.63, 3.8) is 0 Å². The van der Waals surface area contributed by atoms with Gasteiger partial charge in [0.05, 0.1) is 13.2 Å². The summed E-state index contributed by atoms with van der Waals surface area (Å²) in [6.07, 6.45) is 0. The van der Waals surface area contributed by atoms with E-state index in [0.717, 1.165) is 11.3 Å². The van der Waals surface area contributed by atoms with Crippen molar-refractivity contribution in [2.75, 3.05) is 25.1 Å². The first-order valence-corrected chi connectivity index (χ1v) is 4.78. The van der Waals surface area contributed by atoms with Crippen LogP contribution in [0.15, 0.2) is 18.2 Å². The van der Waals surface area contributed by atoms with Gasteiger partial charge in [0.25, 0.3) is 0 Å². The molecule has 0 bridgehead atoms. The maximum Gasteiger partial charge on any atom is 0.0702 e. The van der Waals surface area contributed by atoms with Crippen LogP contribution < -0.4 is 4.90 Å². The summed E-state index contributed by atoms with van der Waals surface area (Å²) in [5.41, 5.74) is 1.67. The van der Waals surface area contributed by atoms with Crippen molar-refractivity contribution >= 4 is 17.3 Å². The molecule has 0 aliphatic rings. The minimum absolute atomic E-state index is 0.0499. The summed E-state index contributed by atoms with van der Waals surface area (Å²) in [7, 11) is 1.86. The zero-order chi connectivity index (χ0) is 10.6. The maximum absolute atomic E-state index is 9.11. The highest BCUT2D eigenvalue weighted by Crippen LogP contribution is 2.23. The third-order valence-electron chi connectivity index (χ3n) is 2.06. The van der Waals surface area contributed by atoms with Gasteiger partial charge in [0.2, 0.25) is 0 Å². The van der Waals surface area contributed by atoms with Crippen LogP contribution in [-0.2, 0) is 6.61 Å². The largest absolute Gasteiger partial charge is 0.395 e. The molecule has 78 valence electrons. The number of hydrogen-bond donors (Lipinski definition) is 2. The van der Waals surface area contributed by atoms with Crippen LogP contribution in [0.3, 0.4) is 0 Å². The first-order valence-electron chi connectivity index (χ1n) is 4.40. The molecule has 0 aliphatic carbocycles. The van der Waals surface area contributed by atoms with Gasteiger partial charge in [0.1, 0.15) is 0 Å². The van der Waals surface area contributed by atoms with E-state index >= 15 is 0 Å². The van der Waals surface area contributed by atoms with Gasteiger partial charge in [-0.3, -0.25) is 0 Å². The second kappa shape index (κ2) is 5.20. The Morgan fingerprint density at radius 3 is 2.64 bits per heavy atom. The molecule has 3 nitrogen and oxygen atoms in total. The Bertz CT molecular complexity index is 304. The minimum atomic E-state index is -0.0499. The topological polar surface area (TPSA) is 43.7 Å². The number of likely N-dealkylation sites (N-methyl/N-ethyl adjacent to an activating group) is 1. The predicted molar refractivity (Wildman–Crippen MR) is 57.7 cm³/mol. The van der Waals surface area contributed by atoms with Gasteiger partial charge < -0.3 is 15.1 Å². The molecule has 1 rings (SSSR count). The molecule has 0 fully saturated rings. The molecule has 14 heavy (non-hydrogen) atoms. The second-order valence-corrected chi connectivity index (χ2v) is 3.51. The molecular formula is C10H14ClNO2. The lowest BCUT2D eigenvalue weighted by molar-refractivity contribution is 0.281. The third kappa shape index (κ3) is 2.61. The van der Waals surface area contributed by atoms with Crippen LogP contribution in [0.1, 0.15) is 5.56 Å². The van der Waals surface area contributed by atoms with Crippen molar-refractivity contribution in [1.82, 2.24) is 0 Å². The van der Waals surface area contributed by atoms with Gasteiger partial charge in [0.15, 0.2) is 0 Å². The predicted octanol–water partition coefficient (Wildman–Crippen LogP) is 1.26. The molecule has 0 radical (unpaired) electrons. The molecule has 1 aromatic carbocycles. The fraction of sp³-hybridized carbons (Fsp3) is 0.400. The average molecular weight is 216 g/mol. The Morgan fingerprint density at radius 1 is 1.36 bits per heavy atom. The number of aliphatic hydroxyl groups excluding tert-OH is 2. The summed E-state index contributed by atoms with van der Waals surface area (Å²) in [5.74, 6) is 0. The van der Waals surface area contributed by atoms with E-state index in [1.54, 1.807) is 12.1 Å². The Kier molecular flexibility index (Phi) is 4.20. The number of anilines is 1. The molecule has 4 heteroatoms. The quantitative estimate of drug-likeness (QED) is 0.795. The third-order valence-corrected chi connectivity index (χ3v) is 2.29. The fourth-order valence-electron chi connectivity index (χ4n) is 1.32. The molecular weight excluding hydrogens is 202 g/mol. The molecule has 0 saturated carbocycles. The van der Waals surface area contributed by atoms with Gasteiger partial charge in [-0.15, -0.1) is 0 Å². The van der Waals surface area contributed by atoms with E-state index in [9.17, 15) is 0 Å². The van der Waals surface area contributed by atoms with E-state index in [0.29, 0.717) is 11.6 Å². The van der Waals surface area contributed by atoms with Crippen molar-refractivity contribution in [3.05, 3.63) is 28.8 Å². The standard InChI is InChI=1S/C10H14ClNO2/c1-12(4-5-13)10-3-2-9(11)6-8(10)7-14/h2-3,6,13-14H,4-5,7H2,1H3. The summed E-state index contributed by atoms with van der Waals surface area (Å²) in [4.78, 5) is 1.88. The number of benzene rings is 1. The normalized spacial score (nSPS) is 10.3. The average Bonchev–Trinajstić information content (AvgIpc) is 2.17. The van der Waals surface area contributed by atoms with Crippen LogP contribution in [-0.4, -0.2) is 30.4 Å². The van der Waals surface area contributed by atoms with Gasteiger partial charge in [-0.2, -0.15) is 0 Å². The number of aliphatic hydroxyl groups is 2. The maximum atomic E-state index is 9.11. The molecule has 0 atom stereocenters. The minimum Gasteiger partial charge on any atom is -0.395 e. The molecule has 0 amide bonds. The zero-order valence-electron chi connectivity index (χ0n) is 8.07. The number of hydrogen-bond acceptors (Lipinski definition) is 3. The molecule has 0 aliphatic heterocycles. The summed E-state index contributed by atoms with van der Waals surface area (Å²) in [5, 5.41) is 18.5. The zero-order valence-corrected chi connectivity index (χ0v) is 8.83. The van der Waals surface area contributed by atoms with Gasteiger partial charge >= 0.3 is 0 Å².